The number of para-hydroxylation sites is 1. The normalized spacial score (nSPS) is 19.6. The fraction of sp³-hybridized carbons (Fsp3) is 0.143. The number of nitrogens with zero attached hydrogens (tertiary/aromatic N) is 5. The summed E-state index contributed by atoms with van der Waals surface area (Å²) < 4.78 is 1.69. The lowest BCUT2D eigenvalue weighted by atomic mass is 10.0. The van der Waals surface area contributed by atoms with E-state index in [1.54, 1.807) is 16.9 Å². The number of hydrogen-bond donors (Lipinski definition) is 4. The Morgan fingerprint density at radius 2 is 2.03 bits per heavy atom. The molecule has 5 N–H and O–H groups in total. The van der Waals surface area contributed by atoms with E-state index in [1.807, 2.05) is 30.3 Å². The van der Waals surface area contributed by atoms with Crippen LogP contribution in [0.2, 0.25) is 0 Å². The number of carbonyl (C=O) groups excluding carboxylic acids is 2. The molecule has 3 aromatic rings. The van der Waals surface area contributed by atoms with Gasteiger partial charge in [0.15, 0.2) is 10.8 Å². The van der Waals surface area contributed by atoms with Crippen LogP contribution >= 0.6 is 34.9 Å². The van der Waals surface area contributed by atoms with Gasteiger partial charge in [0.1, 0.15) is 27.8 Å². The van der Waals surface area contributed by atoms with Gasteiger partial charge in [-0.2, -0.15) is 5.10 Å². The molecule has 15 heteroatoms. The van der Waals surface area contributed by atoms with Crippen molar-refractivity contribution in [2.75, 3.05) is 11.5 Å². The van der Waals surface area contributed by atoms with Crippen molar-refractivity contribution in [3.8, 4) is 5.69 Å². The Balaban J connectivity index is 1.36. The maximum atomic E-state index is 13.0. The molecule has 1 fully saturated rings. The number of nitrogens with two attached hydrogens (primary N) is 1. The van der Waals surface area contributed by atoms with Gasteiger partial charge >= 0.3 is 5.97 Å². The summed E-state index contributed by atoms with van der Waals surface area (Å²) in [4.78, 5) is 43.4. The first-order chi connectivity index (χ1) is 17.4. The Bertz CT molecular complexity index is 1420. The highest BCUT2D eigenvalue weighted by molar-refractivity contribution is 8.06. The van der Waals surface area contributed by atoms with Crippen molar-refractivity contribution in [3.05, 3.63) is 64.3 Å². The van der Waals surface area contributed by atoms with Crippen LogP contribution in [0.3, 0.4) is 0 Å². The maximum absolute atomic E-state index is 13.0. The van der Waals surface area contributed by atoms with E-state index in [2.05, 4.69) is 20.6 Å². The number of nitrogen functional groups attached to an aromatic ring is 1. The molecule has 1 saturated heterocycles. The second-order valence-corrected chi connectivity index (χ2v) is 10.6. The predicted octanol–water partition coefficient (Wildman–Crippen LogP) is 1.58. The Morgan fingerprint density at radius 1 is 1.25 bits per heavy atom. The van der Waals surface area contributed by atoms with Gasteiger partial charge in [-0.3, -0.25) is 14.5 Å². The van der Waals surface area contributed by atoms with E-state index in [9.17, 15) is 24.7 Å². The standard InChI is InChI=1S/C21H17N7O5S3/c22-21-24-11(8-35-21)14(26-33)17(29)25-15-18(30)27-16(20(31)32)12(9-34-19(15)27)36-13-6-7-23-28(13)10-4-2-1-3-5-10/h1-8,15,19,33H,9H2,(H2,22,24)(H,25,29)(H,31,32)/b26-14+/t15-,19-/m1/s1. The molecule has 2 atom stereocenters. The van der Waals surface area contributed by atoms with Gasteiger partial charge in [-0.1, -0.05) is 35.1 Å². The highest BCUT2D eigenvalue weighted by Crippen LogP contribution is 2.45. The van der Waals surface area contributed by atoms with Gasteiger partial charge in [0.05, 0.1) is 11.9 Å². The van der Waals surface area contributed by atoms with Gasteiger partial charge < -0.3 is 21.4 Å². The number of anilines is 1. The average Bonchev–Trinajstić information content (AvgIpc) is 3.52. The summed E-state index contributed by atoms with van der Waals surface area (Å²) in [6.45, 7) is 0. The summed E-state index contributed by atoms with van der Waals surface area (Å²) in [5.74, 6) is -2.35. The number of thiazole rings is 1. The fourth-order valence-corrected chi connectivity index (χ4v) is 6.83. The molecule has 0 aliphatic carbocycles. The van der Waals surface area contributed by atoms with Crippen LogP contribution in [0, 0.1) is 0 Å². The SMILES string of the molecule is Nc1nc(/C(=N\O)C(=O)N[C@@H]2C(=O)N3C(C(=O)O)=C(Sc4ccnn4-c4ccccc4)CS[C@H]23)cs1. The van der Waals surface area contributed by atoms with E-state index in [1.165, 1.54) is 33.8 Å². The molecule has 36 heavy (non-hydrogen) atoms. The zero-order chi connectivity index (χ0) is 25.4. The van der Waals surface area contributed by atoms with Crippen LogP contribution in [-0.4, -0.2) is 70.6 Å². The molecule has 1 aromatic carbocycles. The van der Waals surface area contributed by atoms with E-state index in [-0.39, 0.29) is 16.5 Å². The number of hydrogen-bond acceptors (Lipinski definition) is 11. The summed E-state index contributed by atoms with van der Waals surface area (Å²) in [6, 6.07) is 10.2. The third-order valence-corrected chi connectivity index (χ3v) is 8.58. The van der Waals surface area contributed by atoms with Crippen LogP contribution in [0.15, 0.2) is 68.8 Å². The number of fused-ring (bicyclic) bond motifs is 1. The van der Waals surface area contributed by atoms with Crippen LogP contribution < -0.4 is 11.1 Å². The summed E-state index contributed by atoms with van der Waals surface area (Å²) in [5, 5.41) is 30.8. The van der Waals surface area contributed by atoms with Crippen LogP contribution in [0.1, 0.15) is 5.69 Å². The quantitative estimate of drug-likeness (QED) is 0.148. The van der Waals surface area contributed by atoms with Crippen molar-refractivity contribution < 1.29 is 24.7 Å². The van der Waals surface area contributed by atoms with Gasteiger partial charge in [-0.05, 0) is 18.2 Å². The summed E-state index contributed by atoms with van der Waals surface area (Å²) in [6.07, 6.45) is 1.62. The molecule has 0 unspecified atom stereocenters. The van der Waals surface area contributed by atoms with Crippen molar-refractivity contribution in [1.29, 1.82) is 0 Å². The minimum absolute atomic E-state index is 0.0669. The highest BCUT2D eigenvalue weighted by atomic mass is 32.2. The van der Waals surface area contributed by atoms with Crippen molar-refractivity contribution in [2.24, 2.45) is 5.16 Å². The number of β-lactam (4-membered cyclic amide) rings is 1. The van der Waals surface area contributed by atoms with Crippen molar-refractivity contribution in [2.45, 2.75) is 16.4 Å². The van der Waals surface area contributed by atoms with Gasteiger partial charge in [-0.15, -0.1) is 23.1 Å². The van der Waals surface area contributed by atoms with E-state index in [0.717, 1.165) is 17.0 Å². The lowest BCUT2D eigenvalue weighted by molar-refractivity contribution is -0.150. The van der Waals surface area contributed by atoms with E-state index >= 15 is 0 Å². The van der Waals surface area contributed by atoms with Gasteiger partial charge in [-0.25, -0.2) is 14.5 Å². The first kappa shape index (κ1) is 23.9. The number of carbonyl (C=O) groups is 3. The largest absolute Gasteiger partial charge is 0.477 e. The predicted molar refractivity (Wildman–Crippen MR) is 134 cm³/mol. The summed E-state index contributed by atoms with van der Waals surface area (Å²) >= 11 is 3.60. The minimum atomic E-state index is -1.25. The molecule has 12 nitrogen and oxygen atoms in total. The lowest BCUT2D eigenvalue weighted by Gasteiger charge is -2.49. The molecule has 2 aromatic heterocycles. The Hall–Kier alpha value is -3.82. The molecular weight excluding hydrogens is 526 g/mol. The first-order valence-electron chi connectivity index (χ1n) is 10.3. The van der Waals surface area contributed by atoms with Crippen LogP contribution in [-0.2, 0) is 14.4 Å². The Kier molecular flexibility index (Phi) is 6.42. The number of aliphatic carboxylic acids is 1. The smallest absolute Gasteiger partial charge is 0.353 e. The molecule has 2 amide bonds. The van der Waals surface area contributed by atoms with E-state index in [4.69, 9.17) is 5.73 Å². The molecule has 5 rings (SSSR count). The molecule has 2 aliphatic rings. The number of oxime groups is 1. The van der Waals surface area contributed by atoms with E-state index in [0.29, 0.717) is 15.7 Å². The number of carboxylic acid groups (broad SMARTS) is 1. The van der Waals surface area contributed by atoms with Gasteiger partial charge in [0.25, 0.3) is 11.8 Å². The van der Waals surface area contributed by atoms with Crippen molar-refractivity contribution in [1.82, 2.24) is 25.0 Å². The maximum Gasteiger partial charge on any atom is 0.353 e. The van der Waals surface area contributed by atoms with Crippen LogP contribution in [0.5, 0.6) is 0 Å². The summed E-state index contributed by atoms with van der Waals surface area (Å²) in [7, 11) is 0. The zero-order valence-corrected chi connectivity index (χ0v) is 20.6. The number of carboxylic acids is 1. The number of amides is 2. The number of thioether (sulfide) groups is 2. The van der Waals surface area contributed by atoms with Crippen LogP contribution in [0.25, 0.3) is 5.69 Å². The minimum Gasteiger partial charge on any atom is -0.477 e. The molecule has 0 spiro atoms. The molecule has 4 heterocycles. The first-order valence-corrected chi connectivity index (χ1v) is 13.1. The summed E-state index contributed by atoms with van der Waals surface area (Å²) in [5.41, 5.74) is 5.93. The topological polar surface area (TPSA) is 176 Å². The third-order valence-electron chi connectivity index (χ3n) is 5.34. The van der Waals surface area contributed by atoms with Gasteiger partial charge in [0, 0.05) is 16.0 Å². The number of benzene rings is 1. The third kappa shape index (κ3) is 4.20. The number of rotatable bonds is 7. The Labute approximate surface area is 215 Å². The second-order valence-electron chi connectivity index (χ2n) is 7.48. The van der Waals surface area contributed by atoms with Crippen molar-refractivity contribution in [3.63, 3.8) is 0 Å². The average molecular weight is 544 g/mol. The number of aromatic nitrogens is 3. The van der Waals surface area contributed by atoms with Crippen molar-refractivity contribution >= 4 is 63.5 Å². The molecule has 0 bridgehead atoms. The van der Waals surface area contributed by atoms with Gasteiger partial charge in [0.2, 0.25) is 0 Å². The monoisotopic (exact) mass is 543 g/mol. The second kappa shape index (κ2) is 9.67. The highest BCUT2D eigenvalue weighted by Gasteiger charge is 2.54. The van der Waals surface area contributed by atoms with E-state index < -0.39 is 34.9 Å². The number of nitrogens with one attached hydrogen (secondary N) is 1. The zero-order valence-electron chi connectivity index (χ0n) is 18.1. The lowest BCUT2D eigenvalue weighted by Crippen LogP contribution is -2.71. The Morgan fingerprint density at radius 3 is 2.69 bits per heavy atom. The molecule has 0 radical (unpaired) electrons. The molecule has 184 valence electrons. The van der Waals surface area contributed by atoms with Crippen LogP contribution in [0.4, 0.5) is 5.13 Å². The fourth-order valence-electron chi connectivity index (χ4n) is 3.75. The molecular formula is C21H17N7O5S3. The molecule has 0 saturated carbocycles. The molecule has 2 aliphatic heterocycles.